The van der Waals surface area contributed by atoms with Gasteiger partial charge < -0.3 is 10.1 Å². The van der Waals surface area contributed by atoms with Crippen LogP contribution in [0, 0.1) is 13.8 Å². The fourth-order valence-corrected chi connectivity index (χ4v) is 4.79. The molecular weight excluding hydrogens is 350 g/mol. The lowest BCUT2D eigenvalue weighted by Crippen LogP contribution is -2.60. The Bertz CT molecular complexity index is 649. The maximum atomic E-state index is 12.7. The number of ether oxygens (including phenoxy) is 1. The summed E-state index contributed by atoms with van der Waals surface area (Å²) in [5.41, 5.74) is 3.99. The molecule has 1 aliphatic heterocycles. The molecule has 1 aromatic carbocycles. The van der Waals surface area contributed by atoms with Gasteiger partial charge in [-0.05, 0) is 44.9 Å². The van der Waals surface area contributed by atoms with Crippen molar-refractivity contribution < 1.29 is 9.53 Å². The van der Waals surface area contributed by atoms with Crippen LogP contribution in [0.5, 0.6) is 0 Å². The molecule has 28 heavy (non-hydrogen) atoms. The molecule has 1 N–H and O–H groups in total. The number of hydrogen-bond donors (Lipinski definition) is 1. The Balaban J connectivity index is 1.52. The molecule has 3 rings (SSSR count). The van der Waals surface area contributed by atoms with Gasteiger partial charge in [0.2, 0.25) is 5.91 Å². The smallest absolute Gasteiger partial charge is 0.234 e. The van der Waals surface area contributed by atoms with E-state index in [4.69, 9.17) is 4.74 Å². The summed E-state index contributed by atoms with van der Waals surface area (Å²) >= 11 is 0. The third-order valence-corrected chi connectivity index (χ3v) is 6.43. The van der Waals surface area contributed by atoms with Crippen molar-refractivity contribution in [1.82, 2.24) is 15.1 Å². The Morgan fingerprint density at radius 1 is 1.18 bits per heavy atom. The largest absolute Gasteiger partial charge is 0.379 e. The summed E-state index contributed by atoms with van der Waals surface area (Å²) in [6, 6.07) is 6.53. The minimum absolute atomic E-state index is 0.129. The number of morpholine rings is 1. The zero-order valence-corrected chi connectivity index (χ0v) is 17.9. The van der Waals surface area contributed by atoms with Crippen LogP contribution in [0.15, 0.2) is 18.2 Å². The molecule has 156 valence electrons. The molecule has 1 amide bonds. The Hall–Kier alpha value is -1.43. The van der Waals surface area contributed by atoms with Crippen molar-refractivity contribution in [3.63, 3.8) is 0 Å². The van der Waals surface area contributed by atoms with E-state index in [1.54, 1.807) is 0 Å². The summed E-state index contributed by atoms with van der Waals surface area (Å²) in [6.45, 7) is 9.87. The standard InChI is InChI=1S/C23H37N3O2/c1-19-7-8-21(20(2)15-19)16-25(3)17-22(27)24-18-23(9-5-4-6-10-23)26-11-13-28-14-12-26/h7-8,15H,4-6,9-14,16-18H2,1-3H3,(H,24,27). The molecule has 2 aliphatic rings. The molecule has 1 saturated carbocycles. The monoisotopic (exact) mass is 387 g/mol. The highest BCUT2D eigenvalue weighted by molar-refractivity contribution is 5.78. The van der Waals surface area contributed by atoms with Gasteiger partial charge in [-0.15, -0.1) is 0 Å². The number of nitrogens with one attached hydrogen (secondary N) is 1. The van der Waals surface area contributed by atoms with Gasteiger partial charge in [0, 0.05) is 31.7 Å². The molecule has 1 aliphatic carbocycles. The fraction of sp³-hybridized carbons (Fsp3) is 0.696. The Morgan fingerprint density at radius 3 is 2.57 bits per heavy atom. The highest BCUT2D eigenvalue weighted by atomic mass is 16.5. The lowest BCUT2D eigenvalue weighted by atomic mass is 9.79. The molecule has 0 radical (unpaired) electrons. The van der Waals surface area contributed by atoms with Crippen LogP contribution in [-0.4, -0.2) is 67.7 Å². The third kappa shape index (κ3) is 5.56. The van der Waals surface area contributed by atoms with Gasteiger partial charge in [0.05, 0.1) is 19.8 Å². The summed E-state index contributed by atoms with van der Waals surface area (Å²) in [7, 11) is 2.03. The quantitative estimate of drug-likeness (QED) is 0.781. The Morgan fingerprint density at radius 2 is 1.89 bits per heavy atom. The normalized spacial score (nSPS) is 20.3. The van der Waals surface area contributed by atoms with Crippen LogP contribution in [0.1, 0.15) is 48.8 Å². The second-order valence-corrected chi connectivity index (χ2v) is 8.76. The van der Waals surface area contributed by atoms with Crippen molar-refractivity contribution in [1.29, 1.82) is 0 Å². The second kappa shape index (κ2) is 9.86. The van der Waals surface area contributed by atoms with Crippen molar-refractivity contribution in [3.05, 3.63) is 34.9 Å². The number of likely N-dealkylation sites (N-methyl/N-ethyl adjacent to an activating group) is 1. The number of rotatable bonds is 7. The number of amides is 1. The first-order chi connectivity index (χ1) is 13.5. The molecule has 0 unspecified atom stereocenters. The fourth-order valence-electron chi connectivity index (χ4n) is 4.79. The van der Waals surface area contributed by atoms with E-state index >= 15 is 0 Å². The maximum absolute atomic E-state index is 12.7. The predicted octanol–water partition coefficient (Wildman–Crippen LogP) is 2.89. The van der Waals surface area contributed by atoms with Crippen LogP contribution in [0.25, 0.3) is 0 Å². The molecule has 1 aromatic rings. The van der Waals surface area contributed by atoms with E-state index in [0.717, 1.165) is 39.4 Å². The van der Waals surface area contributed by atoms with Crippen molar-refractivity contribution >= 4 is 5.91 Å². The van der Waals surface area contributed by atoms with Crippen LogP contribution in [0.4, 0.5) is 0 Å². The van der Waals surface area contributed by atoms with Crippen LogP contribution in [0.2, 0.25) is 0 Å². The SMILES string of the molecule is Cc1ccc(CN(C)CC(=O)NCC2(N3CCOCC3)CCCCC2)c(C)c1. The lowest BCUT2D eigenvalue weighted by Gasteiger charge is -2.48. The first kappa shape index (κ1) is 21.3. The van der Waals surface area contributed by atoms with E-state index in [2.05, 4.69) is 47.2 Å². The highest BCUT2D eigenvalue weighted by Gasteiger charge is 2.38. The average molecular weight is 388 g/mol. The van der Waals surface area contributed by atoms with E-state index < -0.39 is 0 Å². The molecule has 1 heterocycles. The molecule has 2 fully saturated rings. The van der Waals surface area contributed by atoms with Gasteiger partial charge in [-0.2, -0.15) is 0 Å². The molecular formula is C23H37N3O2. The minimum atomic E-state index is 0.129. The topological polar surface area (TPSA) is 44.8 Å². The van der Waals surface area contributed by atoms with Gasteiger partial charge in [-0.3, -0.25) is 14.6 Å². The summed E-state index contributed by atoms with van der Waals surface area (Å²) in [5.74, 6) is 0.130. The van der Waals surface area contributed by atoms with Gasteiger partial charge in [0.25, 0.3) is 0 Å². The Labute approximate surface area is 170 Å². The van der Waals surface area contributed by atoms with Gasteiger partial charge in [-0.25, -0.2) is 0 Å². The molecule has 0 atom stereocenters. The number of nitrogens with zero attached hydrogens (tertiary/aromatic N) is 2. The van der Waals surface area contributed by atoms with Crippen LogP contribution >= 0.6 is 0 Å². The zero-order chi connectivity index (χ0) is 20.0. The number of benzene rings is 1. The van der Waals surface area contributed by atoms with Crippen LogP contribution in [-0.2, 0) is 16.1 Å². The minimum Gasteiger partial charge on any atom is -0.379 e. The maximum Gasteiger partial charge on any atom is 0.234 e. The number of aryl methyl sites for hydroxylation is 2. The van der Waals surface area contributed by atoms with Crippen LogP contribution < -0.4 is 5.32 Å². The van der Waals surface area contributed by atoms with E-state index in [-0.39, 0.29) is 11.4 Å². The van der Waals surface area contributed by atoms with E-state index in [9.17, 15) is 4.79 Å². The summed E-state index contributed by atoms with van der Waals surface area (Å²) in [6.07, 6.45) is 6.22. The predicted molar refractivity (Wildman–Crippen MR) is 113 cm³/mol. The van der Waals surface area contributed by atoms with E-state index in [1.807, 2.05) is 7.05 Å². The van der Waals surface area contributed by atoms with Crippen molar-refractivity contribution in [2.75, 3.05) is 46.4 Å². The summed E-state index contributed by atoms with van der Waals surface area (Å²) < 4.78 is 5.55. The zero-order valence-electron chi connectivity index (χ0n) is 17.9. The first-order valence-electron chi connectivity index (χ1n) is 10.8. The molecule has 0 bridgehead atoms. The number of hydrogen-bond acceptors (Lipinski definition) is 4. The van der Waals surface area contributed by atoms with Crippen molar-refractivity contribution in [2.45, 2.75) is 58.0 Å². The molecule has 5 nitrogen and oxygen atoms in total. The van der Waals surface area contributed by atoms with Crippen molar-refractivity contribution in [2.24, 2.45) is 0 Å². The van der Waals surface area contributed by atoms with Gasteiger partial charge in [-0.1, -0.05) is 43.0 Å². The first-order valence-corrected chi connectivity index (χ1v) is 10.8. The van der Waals surface area contributed by atoms with E-state index in [0.29, 0.717) is 6.54 Å². The third-order valence-electron chi connectivity index (χ3n) is 6.43. The van der Waals surface area contributed by atoms with Gasteiger partial charge >= 0.3 is 0 Å². The molecule has 5 heteroatoms. The second-order valence-electron chi connectivity index (χ2n) is 8.76. The molecule has 0 aromatic heterocycles. The molecule has 0 spiro atoms. The Kier molecular flexibility index (Phi) is 7.49. The summed E-state index contributed by atoms with van der Waals surface area (Å²) in [5, 5.41) is 3.27. The molecule has 1 saturated heterocycles. The lowest BCUT2D eigenvalue weighted by molar-refractivity contribution is -0.123. The van der Waals surface area contributed by atoms with E-state index in [1.165, 1.54) is 48.8 Å². The van der Waals surface area contributed by atoms with Gasteiger partial charge in [0.15, 0.2) is 0 Å². The van der Waals surface area contributed by atoms with Crippen LogP contribution in [0.3, 0.4) is 0 Å². The van der Waals surface area contributed by atoms with Gasteiger partial charge in [0.1, 0.15) is 0 Å². The van der Waals surface area contributed by atoms with Crippen molar-refractivity contribution in [3.8, 4) is 0 Å². The summed E-state index contributed by atoms with van der Waals surface area (Å²) in [4.78, 5) is 17.3. The highest BCUT2D eigenvalue weighted by Crippen LogP contribution is 2.33. The number of carbonyl (C=O) groups is 1. The average Bonchev–Trinajstić information content (AvgIpc) is 2.70. The number of carbonyl (C=O) groups excluding carboxylic acids is 1.